The maximum atomic E-state index is 12.8. The standard InChI is InChI=1S/C22H22O12/c23-6-10-17(28)16-12(27)4-9(25)5-14(16)33-20(10)8-1-2-13(11(26)3-8)32-21-15(7-24)34-22(31)19(30)18(21)29/h1-5,15,18-19,21-27,29-31H,6-7H2/t15-,18-,19-,21-,22-/m1/s1. The molecule has 1 aliphatic heterocycles. The first-order chi connectivity index (χ1) is 16.2. The van der Waals surface area contributed by atoms with Crippen LogP contribution in [-0.2, 0) is 11.3 Å². The van der Waals surface area contributed by atoms with Gasteiger partial charge in [0.25, 0.3) is 0 Å². The Balaban J connectivity index is 1.73. The minimum atomic E-state index is -1.74. The highest BCUT2D eigenvalue weighted by atomic mass is 16.7. The van der Waals surface area contributed by atoms with Gasteiger partial charge in [-0.25, -0.2) is 0 Å². The van der Waals surface area contributed by atoms with Crippen LogP contribution < -0.4 is 10.2 Å². The van der Waals surface area contributed by atoms with Crippen molar-refractivity contribution >= 4 is 11.0 Å². The molecule has 0 amide bonds. The summed E-state index contributed by atoms with van der Waals surface area (Å²) in [5.41, 5.74) is -0.979. The Labute approximate surface area is 190 Å². The summed E-state index contributed by atoms with van der Waals surface area (Å²) in [5, 5.41) is 78.8. The first-order valence-electron chi connectivity index (χ1n) is 10.1. The third-order valence-electron chi connectivity index (χ3n) is 5.53. The average Bonchev–Trinajstić information content (AvgIpc) is 2.79. The number of phenolic OH excluding ortho intramolecular Hbond substituents is 3. The first-order valence-corrected chi connectivity index (χ1v) is 10.1. The summed E-state index contributed by atoms with van der Waals surface area (Å²) in [6.07, 6.45) is -7.68. The molecule has 12 heteroatoms. The lowest BCUT2D eigenvalue weighted by Gasteiger charge is -2.40. The van der Waals surface area contributed by atoms with Crippen LogP contribution >= 0.6 is 0 Å². The van der Waals surface area contributed by atoms with Gasteiger partial charge in [0.1, 0.15) is 46.5 Å². The molecule has 8 N–H and O–H groups in total. The van der Waals surface area contributed by atoms with Gasteiger partial charge in [0, 0.05) is 17.7 Å². The Kier molecular flexibility index (Phi) is 6.36. The zero-order chi connectivity index (χ0) is 24.7. The number of aliphatic hydroxyl groups is 5. The van der Waals surface area contributed by atoms with E-state index in [1.165, 1.54) is 12.1 Å². The number of hydrogen-bond acceptors (Lipinski definition) is 12. The Bertz CT molecular complexity index is 1270. The van der Waals surface area contributed by atoms with Crippen molar-refractivity contribution in [1.29, 1.82) is 0 Å². The van der Waals surface area contributed by atoms with Crippen molar-refractivity contribution in [2.45, 2.75) is 37.3 Å². The SMILES string of the molecule is O=c1c(CO)c(-c2ccc(O[C@H]3[C@H](O)[C@@H](O)[C@H](O)O[C@@H]3CO)c(O)c2)oc2cc(O)cc(O)c12. The van der Waals surface area contributed by atoms with Gasteiger partial charge in [-0.1, -0.05) is 0 Å². The molecule has 0 unspecified atom stereocenters. The van der Waals surface area contributed by atoms with E-state index < -0.39 is 60.8 Å². The van der Waals surface area contributed by atoms with Crippen LogP contribution in [0.5, 0.6) is 23.0 Å². The van der Waals surface area contributed by atoms with E-state index in [9.17, 15) is 45.6 Å². The average molecular weight is 478 g/mol. The molecule has 3 aromatic rings. The molecule has 0 bridgehead atoms. The summed E-state index contributed by atoms with van der Waals surface area (Å²) in [5.74, 6) is -1.72. The van der Waals surface area contributed by atoms with E-state index in [1.54, 1.807) is 0 Å². The van der Waals surface area contributed by atoms with E-state index in [2.05, 4.69) is 0 Å². The minimum Gasteiger partial charge on any atom is -0.508 e. The summed E-state index contributed by atoms with van der Waals surface area (Å²) in [6.45, 7) is -1.41. The van der Waals surface area contributed by atoms with Crippen molar-refractivity contribution in [3.05, 3.63) is 46.1 Å². The predicted octanol–water partition coefficient (Wildman–Crippen LogP) is -0.752. The molecule has 0 saturated carbocycles. The third-order valence-corrected chi connectivity index (χ3v) is 5.53. The quantitative estimate of drug-likeness (QED) is 0.228. The van der Waals surface area contributed by atoms with Crippen molar-refractivity contribution in [3.8, 4) is 34.3 Å². The smallest absolute Gasteiger partial charge is 0.202 e. The van der Waals surface area contributed by atoms with Crippen LogP contribution in [-0.4, -0.2) is 78.2 Å². The van der Waals surface area contributed by atoms with Gasteiger partial charge in [0.05, 0.1) is 18.8 Å². The lowest BCUT2D eigenvalue weighted by atomic mass is 9.99. The van der Waals surface area contributed by atoms with Gasteiger partial charge < -0.3 is 54.7 Å². The molecule has 0 radical (unpaired) electrons. The summed E-state index contributed by atoms with van der Waals surface area (Å²) in [7, 11) is 0. The van der Waals surface area contributed by atoms with Crippen LogP contribution in [0.15, 0.2) is 39.5 Å². The predicted molar refractivity (Wildman–Crippen MR) is 113 cm³/mol. The van der Waals surface area contributed by atoms with Gasteiger partial charge in [-0.15, -0.1) is 0 Å². The van der Waals surface area contributed by atoms with Crippen molar-refractivity contribution < 1.29 is 54.7 Å². The molecule has 1 saturated heterocycles. The van der Waals surface area contributed by atoms with E-state index in [0.717, 1.165) is 18.2 Å². The number of rotatable bonds is 5. The zero-order valence-electron chi connectivity index (χ0n) is 17.4. The second kappa shape index (κ2) is 9.10. The lowest BCUT2D eigenvalue weighted by Crippen LogP contribution is -2.60. The molecule has 34 heavy (non-hydrogen) atoms. The van der Waals surface area contributed by atoms with Gasteiger partial charge >= 0.3 is 0 Å². The maximum absolute atomic E-state index is 12.8. The van der Waals surface area contributed by atoms with Crippen LogP contribution in [0.2, 0.25) is 0 Å². The molecule has 4 rings (SSSR count). The molecule has 0 aliphatic carbocycles. The van der Waals surface area contributed by atoms with Crippen molar-refractivity contribution in [2.75, 3.05) is 6.61 Å². The van der Waals surface area contributed by atoms with Crippen LogP contribution in [0.1, 0.15) is 5.56 Å². The molecular formula is C22H22O12. The molecule has 5 atom stereocenters. The second-order valence-electron chi connectivity index (χ2n) is 7.73. The van der Waals surface area contributed by atoms with Gasteiger partial charge in [0.2, 0.25) is 5.43 Å². The fourth-order valence-electron chi connectivity index (χ4n) is 3.82. The summed E-state index contributed by atoms with van der Waals surface area (Å²) >= 11 is 0. The molecule has 1 aliphatic rings. The summed E-state index contributed by atoms with van der Waals surface area (Å²) in [4.78, 5) is 12.8. The number of benzene rings is 2. The zero-order valence-corrected chi connectivity index (χ0v) is 17.4. The third kappa shape index (κ3) is 4.03. The van der Waals surface area contributed by atoms with Gasteiger partial charge in [0.15, 0.2) is 23.9 Å². The Morgan fingerprint density at radius 3 is 2.32 bits per heavy atom. The normalized spacial score (nSPS) is 24.9. The number of aliphatic hydroxyl groups excluding tert-OH is 5. The van der Waals surface area contributed by atoms with Crippen molar-refractivity contribution in [2.24, 2.45) is 0 Å². The highest BCUT2D eigenvalue weighted by Gasteiger charge is 2.45. The molecular weight excluding hydrogens is 456 g/mol. The van der Waals surface area contributed by atoms with Crippen LogP contribution in [0, 0.1) is 0 Å². The Morgan fingerprint density at radius 1 is 0.941 bits per heavy atom. The van der Waals surface area contributed by atoms with Crippen LogP contribution in [0.4, 0.5) is 0 Å². The van der Waals surface area contributed by atoms with Gasteiger partial charge in [-0.3, -0.25) is 4.79 Å². The molecule has 2 heterocycles. The highest BCUT2D eigenvalue weighted by molar-refractivity contribution is 5.87. The number of hydrogen-bond donors (Lipinski definition) is 8. The van der Waals surface area contributed by atoms with E-state index in [-0.39, 0.29) is 39.4 Å². The van der Waals surface area contributed by atoms with Crippen molar-refractivity contribution in [3.63, 3.8) is 0 Å². The van der Waals surface area contributed by atoms with E-state index in [4.69, 9.17) is 13.9 Å². The number of ether oxygens (including phenoxy) is 2. The fraction of sp³-hybridized carbons (Fsp3) is 0.318. The number of fused-ring (bicyclic) bond motifs is 1. The monoisotopic (exact) mass is 478 g/mol. The summed E-state index contributed by atoms with van der Waals surface area (Å²) in [6, 6.07) is 5.80. The van der Waals surface area contributed by atoms with Gasteiger partial charge in [-0.2, -0.15) is 0 Å². The molecule has 0 spiro atoms. The molecule has 1 aromatic heterocycles. The van der Waals surface area contributed by atoms with Crippen molar-refractivity contribution in [1.82, 2.24) is 0 Å². The molecule has 182 valence electrons. The number of phenols is 3. The minimum absolute atomic E-state index is 0.130. The topological polar surface area (TPSA) is 211 Å². The Morgan fingerprint density at radius 2 is 1.68 bits per heavy atom. The highest BCUT2D eigenvalue weighted by Crippen LogP contribution is 2.37. The Hall–Kier alpha value is -3.39. The largest absolute Gasteiger partial charge is 0.508 e. The fourth-order valence-corrected chi connectivity index (χ4v) is 3.82. The lowest BCUT2D eigenvalue weighted by molar-refractivity contribution is -0.282. The maximum Gasteiger partial charge on any atom is 0.202 e. The summed E-state index contributed by atoms with van der Waals surface area (Å²) < 4.78 is 16.2. The molecule has 12 nitrogen and oxygen atoms in total. The van der Waals surface area contributed by atoms with E-state index in [0.29, 0.717) is 0 Å². The molecule has 2 aromatic carbocycles. The van der Waals surface area contributed by atoms with Gasteiger partial charge in [-0.05, 0) is 18.2 Å². The van der Waals surface area contributed by atoms with E-state index in [1.807, 2.05) is 0 Å². The number of aromatic hydroxyl groups is 3. The first kappa shape index (κ1) is 23.8. The van der Waals surface area contributed by atoms with Crippen LogP contribution in [0.25, 0.3) is 22.3 Å². The van der Waals surface area contributed by atoms with E-state index >= 15 is 0 Å². The molecule has 1 fully saturated rings. The second-order valence-corrected chi connectivity index (χ2v) is 7.73. The van der Waals surface area contributed by atoms with Crippen LogP contribution in [0.3, 0.4) is 0 Å².